The van der Waals surface area contributed by atoms with Gasteiger partial charge in [-0.05, 0) is 6.92 Å². The van der Waals surface area contributed by atoms with E-state index in [0.29, 0.717) is 14.3 Å². The third-order valence-electron chi connectivity index (χ3n) is 3.65. The van der Waals surface area contributed by atoms with Gasteiger partial charge in [-0.25, -0.2) is 4.79 Å². The van der Waals surface area contributed by atoms with Crippen molar-refractivity contribution in [3.05, 3.63) is 15.6 Å². The molecule has 0 bridgehead atoms. The maximum Gasteiger partial charge on any atom is 0.353 e. The number of aliphatic hydroxyl groups is 1. The molecule has 1 aromatic rings. The molecule has 1 fully saturated rings. The predicted octanol–water partition coefficient (Wildman–Crippen LogP) is 0.466. The van der Waals surface area contributed by atoms with E-state index in [9.17, 15) is 24.6 Å². The van der Waals surface area contributed by atoms with Crippen LogP contribution in [-0.2, 0) is 20.8 Å². The molecule has 1 aromatic heterocycles. The van der Waals surface area contributed by atoms with E-state index in [1.54, 1.807) is 0 Å². The van der Waals surface area contributed by atoms with Crippen LogP contribution >= 0.6 is 34.9 Å². The molecule has 0 spiro atoms. The first-order valence-corrected chi connectivity index (χ1v) is 9.79. The van der Waals surface area contributed by atoms with E-state index in [1.807, 2.05) is 0 Å². The van der Waals surface area contributed by atoms with Crippen molar-refractivity contribution >= 4 is 52.7 Å². The van der Waals surface area contributed by atoms with Gasteiger partial charge in [-0.3, -0.25) is 14.5 Å². The van der Waals surface area contributed by atoms with Crippen LogP contribution in [0.3, 0.4) is 0 Å². The van der Waals surface area contributed by atoms with Crippen LogP contribution in [0.2, 0.25) is 0 Å². The van der Waals surface area contributed by atoms with E-state index in [-0.39, 0.29) is 23.8 Å². The summed E-state index contributed by atoms with van der Waals surface area (Å²) >= 11 is 3.64. The zero-order valence-electron chi connectivity index (χ0n) is 12.8. The first-order valence-electron chi connectivity index (χ1n) is 7.10. The van der Waals surface area contributed by atoms with E-state index >= 15 is 0 Å². The highest BCUT2D eigenvalue weighted by Gasteiger charge is 2.57. The Morgan fingerprint density at radius 1 is 1.36 bits per heavy atom. The summed E-state index contributed by atoms with van der Waals surface area (Å²) < 4.78 is 0.529. The van der Waals surface area contributed by atoms with Crippen LogP contribution in [0.5, 0.6) is 0 Å². The summed E-state index contributed by atoms with van der Waals surface area (Å²) in [5, 5.41) is 35.5. The molecule has 3 atom stereocenters. The Labute approximate surface area is 154 Å². The van der Waals surface area contributed by atoms with Crippen LogP contribution in [0.4, 0.5) is 0 Å². The zero-order chi connectivity index (χ0) is 18.3. The number of aliphatic hydroxyl groups excluding tert-OH is 1. The lowest BCUT2D eigenvalue weighted by Crippen LogP contribution is -2.60. The second-order valence-corrected chi connectivity index (χ2v) is 8.88. The molecule has 3 heterocycles. The van der Waals surface area contributed by atoms with Gasteiger partial charge in [0.15, 0.2) is 4.34 Å². The number of carbonyl (C=O) groups is 3. The van der Waals surface area contributed by atoms with Gasteiger partial charge in [0, 0.05) is 10.7 Å². The van der Waals surface area contributed by atoms with Crippen molar-refractivity contribution in [3.8, 4) is 0 Å². The summed E-state index contributed by atoms with van der Waals surface area (Å²) in [7, 11) is 0. The Bertz CT molecular complexity index is 777. The third-order valence-corrected chi connectivity index (χ3v) is 7.29. The smallest absolute Gasteiger partial charge is 0.353 e. The van der Waals surface area contributed by atoms with Crippen molar-refractivity contribution in [2.24, 2.45) is 5.92 Å². The first kappa shape index (κ1) is 18.2. The average molecular weight is 403 g/mol. The number of rotatable bonds is 7. The number of aromatic nitrogens is 2. The number of hydrogen-bond donors (Lipinski definition) is 3. The second-order valence-electron chi connectivity index (χ2n) is 5.38. The zero-order valence-corrected chi connectivity index (χ0v) is 15.2. The summed E-state index contributed by atoms with van der Waals surface area (Å²) in [5.41, 5.74) is -0.0559. The van der Waals surface area contributed by atoms with Gasteiger partial charge in [-0.15, -0.1) is 22.0 Å². The van der Waals surface area contributed by atoms with E-state index in [1.165, 1.54) is 35.3 Å². The Kier molecular flexibility index (Phi) is 5.04. The molecule has 12 heteroatoms. The molecule has 0 radical (unpaired) electrons. The van der Waals surface area contributed by atoms with E-state index in [0.717, 1.165) is 11.3 Å². The molecule has 0 aromatic carbocycles. The first-order chi connectivity index (χ1) is 11.8. The fraction of sp³-hybridized carbons (Fsp3) is 0.462. The van der Waals surface area contributed by atoms with Crippen LogP contribution in [0.25, 0.3) is 0 Å². The molecular weight excluding hydrogens is 390 g/mol. The minimum Gasteiger partial charge on any atom is -0.481 e. The largest absolute Gasteiger partial charge is 0.481 e. The lowest BCUT2D eigenvalue weighted by Gasteiger charge is -2.43. The highest BCUT2D eigenvalue weighted by atomic mass is 32.2. The van der Waals surface area contributed by atoms with Gasteiger partial charge in [-0.1, -0.05) is 23.1 Å². The molecule has 25 heavy (non-hydrogen) atoms. The van der Waals surface area contributed by atoms with Crippen molar-refractivity contribution in [1.82, 2.24) is 15.1 Å². The molecule has 3 N–H and O–H groups in total. The number of nitrogens with zero attached hydrogens (tertiary/aromatic N) is 3. The number of fused-ring (bicyclic) bond motifs is 1. The molecule has 2 aliphatic heterocycles. The van der Waals surface area contributed by atoms with Crippen molar-refractivity contribution in [2.45, 2.75) is 29.2 Å². The number of amides is 1. The molecule has 2 aliphatic rings. The maximum atomic E-state index is 12.1. The molecule has 9 nitrogen and oxygen atoms in total. The van der Waals surface area contributed by atoms with Crippen molar-refractivity contribution in [2.75, 3.05) is 5.75 Å². The van der Waals surface area contributed by atoms with Crippen molar-refractivity contribution < 1.29 is 29.7 Å². The molecule has 1 unspecified atom stereocenters. The summed E-state index contributed by atoms with van der Waals surface area (Å²) in [6.45, 7) is 1.51. The number of carboxylic acids is 2. The summed E-state index contributed by atoms with van der Waals surface area (Å²) in [6, 6.07) is 0. The number of carbonyl (C=O) groups excluding carboxylic acids is 1. The summed E-state index contributed by atoms with van der Waals surface area (Å²) in [6.07, 6.45) is -1.05. The molecule has 134 valence electrons. The predicted molar refractivity (Wildman–Crippen MR) is 90.0 cm³/mol. The Balaban J connectivity index is 1.71. The van der Waals surface area contributed by atoms with Crippen molar-refractivity contribution in [3.63, 3.8) is 0 Å². The van der Waals surface area contributed by atoms with Crippen LogP contribution in [0.1, 0.15) is 11.9 Å². The van der Waals surface area contributed by atoms with Crippen LogP contribution in [-0.4, -0.2) is 65.5 Å². The minimum atomic E-state index is -1.19. The second kappa shape index (κ2) is 6.94. The van der Waals surface area contributed by atoms with Gasteiger partial charge in [0.2, 0.25) is 5.91 Å². The van der Waals surface area contributed by atoms with Crippen LogP contribution < -0.4 is 0 Å². The highest BCUT2D eigenvalue weighted by molar-refractivity contribution is 8.07. The maximum absolute atomic E-state index is 12.1. The van der Waals surface area contributed by atoms with E-state index in [2.05, 4.69) is 10.2 Å². The summed E-state index contributed by atoms with van der Waals surface area (Å²) in [4.78, 5) is 36.0. The number of carboxylic acid groups (broad SMARTS) is 2. The van der Waals surface area contributed by atoms with E-state index in [4.69, 9.17) is 5.11 Å². The molecule has 1 amide bonds. The number of hydrogen-bond acceptors (Lipinski definition) is 9. The fourth-order valence-electron chi connectivity index (χ4n) is 2.58. The topological polar surface area (TPSA) is 141 Å². The van der Waals surface area contributed by atoms with Gasteiger partial charge in [0.25, 0.3) is 0 Å². The number of β-lactam (4-membered cyclic amide) rings is 1. The van der Waals surface area contributed by atoms with Gasteiger partial charge in [0.1, 0.15) is 16.1 Å². The lowest BCUT2D eigenvalue weighted by molar-refractivity contribution is -0.156. The molecule has 0 saturated carbocycles. The average Bonchev–Trinajstić information content (AvgIpc) is 3.06. The highest BCUT2D eigenvalue weighted by Crippen LogP contribution is 2.51. The van der Waals surface area contributed by atoms with Gasteiger partial charge in [-0.2, -0.15) is 0 Å². The Hall–Kier alpha value is -1.63. The molecule has 1 saturated heterocycles. The normalized spacial score (nSPS) is 23.4. The third kappa shape index (κ3) is 3.38. The van der Waals surface area contributed by atoms with Gasteiger partial charge in [0.05, 0.1) is 18.4 Å². The summed E-state index contributed by atoms with van der Waals surface area (Å²) in [5.74, 6) is -2.90. The Morgan fingerprint density at radius 2 is 2.08 bits per heavy atom. The molecule has 3 rings (SSSR count). The molecular formula is C13H13N3O6S3. The van der Waals surface area contributed by atoms with Crippen LogP contribution in [0.15, 0.2) is 14.9 Å². The molecule has 0 aliphatic carbocycles. The number of thioether (sulfide) groups is 2. The standard InChI is InChI=1S/C13H13N3O6S3/c1-4(17)8-10(20)16-9(12(21)22)5(24-11(8)16)3-23-13-15-14-6(25-13)2-7(18)19/h4,8,11,17H,2-3H2,1H3,(H,18,19)(H,21,22)/t4?,8-,11+/m0/s1. The van der Waals surface area contributed by atoms with Gasteiger partial charge < -0.3 is 15.3 Å². The van der Waals surface area contributed by atoms with E-state index < -0.39 is 29.3 Å². The van der Waals surface area contributed by atoms with Gasteiger partial charge >= 0.3 is 11.9 Å². The van der Waals surface area contributed by atoms with Crippen molar-refractivity contribution in [1.29, 1.82) is 0 Å². The fourth-order valence-corrected chi connectivity index (χ4v) is 6.17. The lowest BCUT2D eigenvalue weighted by atomic mass is 9.92. The minimum absolute atomic E-state index is 0.0559. The number of aliphatic carboxylic acids is 2. The monoisotopic (exact) mass is 403 g/mol. The van der Waals surface area contributed by atoms with Crippen LogP contribution in [0, 0.1) is 5.92 Å². The quantitative estimate of drug-likeness (QED) is 0.434. The Morgan fingerprint density at radius 3 is 2.68 bits per heavy atom. The SMILES string of the molecule is CC(O)[C@H]1C(=O)N2C(C(=O)O)=C(CSc3nnc(CC(=O)O)s3)S[C@H]12.